The van der Waals surface area contributed by atoms with Gasteiger partial charge in [-0.1, -0.05) is 38.5 Å². The molecule has 0 radical (unpaired) electrons. The van der Waals surface area contributed by atoms with E-state index in [1.54, 1.807) is 11.8 Å². The summed E-state index contributed by atoms with van der Waals surface area (Å²) in [7, 11) is 3.21. The van der Waals surface area contributed by atoms with Crippen LogP contribution in [0.2, 0.25) is 0 Å². The molecule has 0 aromatic carbocycles. The molecule has 3 fully saturated rings. The standard InChI is InChI=1S/C96H152N7O37PS2/c1-14-76(137-83(123)46-45-75(119)59-143(141)142)93(124)103(50-34-48-98-81(121)43-25-19-16-22-37-73(117)40-28-31-54-126-95-85(100-61(3)105)91(135-70(12)114)88(132-67(9)111)78(139-95)57-129-64(6)108)52-35-51-102(82(122)44-26-20-17-23-38-74(118)41-29-32-55-127-96-86(101-62(4)106)92(136-71(13)115)89(133-68(10)112)79(140-96)58-130-65(7)109)49-33-47-97-80(120)42-24-18-15-21-36-72(116)39-27-30-53-125-94-84(99-60(2)104)90(134-69(11)113)87(131-66(8)110)77(138-94)56-128-63(5)107/h76-79,84-92,94-96H,14-59H2,1-13H3,(H,97,120)(H,98,121)(H,99,104)(H,100,105)(H,101,106)/t76?,77?,78?,79?,84?,85?,86?,87-,88-,89-,90+,91+,92+,94+,95+,96+/m0/s1. The van der Waals surface area contributed by atoms with Gasteiger partial charge in [0.15, 0.2) is 55.5 Å². The van der Waals surface area contributed by atoms with Crippen LogP contribution >= 0.6 is 7.81 Å². The van der Waals surface area contributed by atoms with Crippen molar-refractivity contribution in [2.24, 2.45) is 0 Å². The zero-order valence-electron chi connectivity index (χ0n) is 85.0. The molecule has 3 rings (SSSR count). The van der Waals surface area contributed by atoms with Gasteiger partial charge in [-0.25, -0.2) is 0 Å². The Balaban J connectivity index is 1.65. The van der Waals surface area contributed by atoms with Crippen molar-refractivity contribution in [3.63, 3.8) is 0 Å². The van der Waals surface area contributed by atoms with Crippen molar-refractivity contribution >= 4 is 152 Å². The van der Waals surface area contributed by atoms with Crippen molar-refractivity contribution in [1.82, 2.24) is 36.4 Å². The average molecular weight is 2090 g/mol. The monoisotopic (exact) mass is 2090 g/mol. The van der Waals surface area contributed by atoms with Crippen molar-refractivity contribution in [2.45, 2.75) is 400 Å². The van der Waals surface area contributed by atoms with Crippen LogP contribution in [-0.4, -0.2) is 317 Å². The topological polar surface area (TPSA) is 573 Å². The molecular formula is C96H152N7O37PS2. The van der Waals surface area contributed by atoms with Crippen LogP contribution in [0.3, 0.4) is 0 Å². The van der Waals surface area contributed by atoms with Crippen molar-refractivity contribution in [2.75, 3.05) is 84.7 Å². The van der Waals surface area contributed by atoms with E-state index in [4.69, 9.17) is 87.0 Å². The van der Waals surface area contributed by atoms with E-state index < -0.39 is 210 Å². The predicted molar refractivity (Wildman–Crippen MR) is 514 cm³/mol. The predicted octanol–water partition coefficient (Wildman–Crippen LogP) is 6.38. The number of amides is 7. The average Bonchev–Trinajstić information content (AvgIpc) is 0.793. The molecule has 143 heavy (non-hydrogen) atoms. The Kier molecular flexibility index (Phi) is 64.7. The molecule has 0 aromatic rings. The van der Waals surface area contributed by atoms with Crippen LogP contribution in [0.25, 0.3) is 0 Å². The van der Waals surface area contributed by atoms with Crippen molar-refractivity contribution < 1.29 is 176 Å². The minimum Gasteiger partial charge on any atom is -0.463 e. The summed E-state index contributed by atoms with van der Waals surface area (Å²) in [4.78, 5) is 269. The summed E-state index contributed by atoms with van der Waals surface area (Å²) in [5.74, 6) is -10.3. The minimum absolute atomic E-state index is 0.00854. The van der Waals surface area contributed by atoms with Crippen molar-refractivity contribution in [1.29, 1.82) is 0 Å². The molecule has 0 aromatic heterocycles. The molecule has 5 N–H and O–H groups in total. The second kappa shape index (κ2) is 72.6. The van der Waals surface area contributed by atoms with Crippen LogP contribution in [0.15, 0.2) is 0 Å². The van der Waals surface area contributed by atoms with Gasteiger partial charge >= 0.3 is 187 Å². The van der Waals surface area contributed by atoms with Gasteiger partial charge in [0, 0.05) is 187 Å². The first-order valence-electron chi connectivity index (χ1n) is 49.4. The first-order chi connectivity index (χ1) is 67.9. The smallest absolute Gasteiger partial charge is 0.463 e. The Morgan fingerprint density at radius 2 is 0.615 bits per heavy atom. The summed E-state index contributed by atoms with van der Waals surface area (Å²) in [5.41, 5.74) is 0. The van der Waals surface area contributed by atoms with Gasteiger partial charge in [-0.05, 0) is 83.5 Å². The van der Waals surface area contributed by atoms with Gasteiger partial charge in [-0.15, -0.1) is 0 Å². The Morgan fingerprint density at radius 3 is 0.916 bits per heavy atom. The van der Waals surface area contributed by atoms with E-state index in [2.05, 4.69) is 34.4 Å². The van der Waals surface area contributed by atoms with E-state index in [-0.39, 0.29) is 183 Å². The number of carbonyl (C=O) groups is 21. The van der Waals surface area contributed by atoms with Crippen LogP contribution in [-0.2, 0) is 196 Å². The zero-order valence-corrected chi connectivity index (χ0v) is 87.6. The fourth-order valence-electron chi connectivity index (χ4n) is 16.1. The van der Waals surface area contributed by atoms with Gasteiger partial charge in [0.2, 0.25) is 35.4 Å². The van der Waals surface area contributed by atoms with Crippen LogP contribution in [0.1, 0.15) is 302 Å². The fourth-order valence-corrected chi connectivity index (χ4v) is 17.3. The molecule has 16 atom stereocenters. The number of nitrogens with zero attached hydrogens (tertiary/aromatic N) is 2. The van der Waals surface area contributed by atoms with Gasteiger partial charge in [0.25, 0.3) is 0 Å². The van der Waals surface area contributed by atoms with Crippen LogP contribution < -0.4 is 26.6 Å². The molecule has 3 saturated heterocycles. The summed E-state index contributed by atoms with van der Waals surface area (Å²) in [6.45, 7) is 15.5. The molecule has 47 heteroatoms. The number of carbonyl (C=O) groups excluding carboxylic acids is 21. The van der Waals surface area contributed by atoms with Crippen LogP contribution in [0.5, 0.6) is 0 Å². The number of hydrogen-bond donors (Lipinski definition) is 5. The molecule has 7 amide bonds. The zero-order chi connectivity index (χ0) is 106. The maximum atomic E-state index is 14.5. The number of unbranched alkanes of at least 4 members (excludes halogenated alkanes) is 12. The van der Waals surface area contributed by atoms with Gasteiger partial charge in [0.05, 0.1) is 0 Å². The van der Waals surface area contributed by atoms with E-state index in [9.17, 15) is 101 Å². The molecule has 0 saturated carbocycles. The van der Waals surface area contributed by atoms with E-state index in [0.717, 1.165) is 48.5 Å². The van der Waals surface area contributed by atoms with E-state index in [0.29, 0.717) is 135 Å². The molecule has 7 unspecified atom stereocenters. The number of nitrogens with one attached hydrogen (secondary N) is 5. The van der Waals surface area contributed by atoms with Gasteiger partial charge in [-0.2, -0.15) is 0 Å². The normalized spacial score (nSPS) is 20.8. The molecule has 0 spiro atoms. The Labute approximate surface area is 844 Å². The summed E-state index contributed by atoms with van der Waals surface area (Å²) in [6.07, 6.45) is -3.99. The molecule has 44 nitrogen and oxygen atoms in total. The minimum atomic E-state index is -1.30. The molecular weight excluding hydrogens is 1940 g/mol. The second-order valence-corrected chi connectivity index (χ2v) is 39.6. The molecule has 3 aliphatic heterocycles. The Morgan fingerprint density at radius 1 is 0.329 bits per heavy atom. The van der Waals surface area contributed by atoms with Crippen molar-refractivity contribution in [3.05, 3.63) is 0 Å². The van der Waals surface area contributed by atoms with Gasteiger partial charge in [0.1, 0.15) is 73.6 Å². The fraction of sp³-hybridized carbons (Fsp3) is 0.781. The molecule has 0 aliphatic carbocycles. The number of Topliss-reactive ketones (excluding diaryl/α,β-unsaturated/α-hetero) is 4. The van der Waals surface area contributed by atoms with Gasteiger partial charge < -0.3 is 103 Å². The van der Waals surface area contributed by atoms with E-state index in [1.807, 2.05) is 0 Å². The molecule has 810 valence electrons. The SMILES string of the molecule is CCC(OC(=O)CCC(=O)CS(#P)=S)C(=O)N(CCCNC(=O)CCCCCCC(=O)CCCCO[C@@H]1OC(COC(C)=O)[C@H](OC(C)=O)[C@H](OC(C)=O)C1NC(C)=O)CCCN(CCCNC(=O)CCCCCCC(=O)CCCCO[C@@H]1OC(COC(C)=O)[C@H](OC(C)=O)[C@H](OC(C)=O)C1NC(C)=O)C(=O)CCCCCCC(=O)CCCCO[C@@H]1OC(COC(C)=O)[C@H](OC(C)=O)[C@H](OC(C)=O)C1NC(C)=O. The molecule has 0 bridgehead atoms. The number of esters is 10. The number of rotatable bonds is 73. The third-order valence-corrected chi connectivity index (χ3v) is 23.9. The molecule has 3 heterocycles. The summed E-state index contributed by atoms with van der Waals surface area (Å²) < 4.78 is 90.3. The summed E-state index contributed by atoms with van der Waals surface area (Å²) in [6, 6.07) is -3.44. The third-order valence-electron chi connectivity index (χ3n) is 22.6. The van der Waals surface area contributed by atoms with E-state index >= 15 is 0 Å². The molecule has 3 aliphatic rings. The first-order valence-corrected chi connectivity index (χ1v) is 52.7. The quantitative estimate of drug-likeness (QED) is 0.0191. The number of hydrogen-bond acceptors (Lipinski definition) is 38. The Hall–Kier alpha value is -9.70. The van der Waals surface area contributed by atoms with Gasteiger partial charge in [-0.3, -0.25) is 86.3 Å². The number of ketones is 4. The third kappa shape index (κ3) is 56.6. The van der Waals surface area contributed by atoms with Crippen LogP contribution in [0, 0.1) is 0 Å². The van der Waals surface area contributed by atoms with E-state index in [1.165, 1.54) is 39.5 Å². The first kappa shape index (κ1) is 127. The summed E-state index contributed by atoms with van der Waals surface area (Å²) in [5, 5.41) is 13.8. The summed E-state index contributed by atoms with van der Waals surface area (Å²) >= 11 is 5.05. The number of ether oxygens (including phenoxy) is 16. The Bertz CT molecular complexity index is 4280. The second-order valence-electron chi connectivity index (χ2n) is 35.4. The maximum absolute atomic E-state index is 14.5. The van der Waals surface area contributed by atoms with Crippen LogP contribution in [0.4, 0.5) is 0 Å². The van der Waals surface area contributed by atoms with Crippen molar-refractivity contribution in [3.8, 4) is 0 Å².